The summed E-state index contributed by atoms with van der Waals surface area (Å²) in [7, 11) is 0. The number of H-pyrrole nitrogens is 1. The Hall–Kier alpha value is -1.29. The number of benzene rings is 1. The minimum Gasteiger partial charge on any atom is -0.361 e. The molecule has 0 aliphatic rings. The molecular weight excluding hydrogens is 264 g/mol. The van der Waals surface area contributed by atoms with E-state index in [0.29, 0.717) is 0 Å². The van der Waals surface area contributed by atoms with Gasteiger partial charge in [-0.2, -0.15) is 0 Å². The van der Waals surface area contributed by atoms with E-state index in [9.17, 15) is 0 Å². The van der Waals surface area contributed by atoms with Gasteiger partial charge < -0.3 is 10.3 Å². The molecule has 4 heteroatoms. The van der Waals surface area contributed by atoms with Crippen molar-refractivity contribution in [2.45, 2.75) is 13.1 Å². The van der Waals surface area contributed by atoms with Gasteiger partial charge >= 0.3 is 0 Å². The molecule has 3 rings (SSSR count). The molecule has 2 nitrogen and oxygen atoms in total. The van der Waals surface area contributed by atoms with Gasteiger partial charge in [-0.15, -0.1) is 11.3 Å². The standard InChI is InChI=1S/C14H13ClN2S/c15-13-5-4-12(18-13)9-16-8-11-3-1-2-10-6-7-17-14(10)11/h1-7,16-17H,8-9H2. The monoisotopic (exact) mass is 276 g/mol. The Morgan fingerprint density at radius 1 is 1.11 bits per heavy atom. The van der Waals surface area contributed by atoms with Crippen molar-refractivity contribution in [2.75, 3.05) is 0 Å². The molecule has 0 aliphatic carbocycles. The van der Waals surface area contributed by atoms with Crippen molar-refractivity contribution in [1.82, 2.24) is 10.3 Å². The molecule has 2 heterocycles. The fraction of sp³-hybridized carbons (Fsp3) is 0.143. The zero-order valence-corrected chi connectivity index (χ0v) is 11.3. The Morgan fingerprint density at radius 3 is 2.89 bits per heavy atom. The average molecular weight is 277 g/mol. The molecule has 92 valence electrons. The summed E-state index contributed by atoms with van der Waals surface area (Å²) >= 11 is 7.53. The Kier molecular flexibility index (Phi) is 3.37. The van der Waals surface area contributed by atoms with Crippen LogP contribution in [0.2, 0.25) is 4.34 Å². The van der Waals surface area contributed by atoms with Crippen molar-refractivity contribution in [2.24, 2.45) is 0 Å². The van der Waals surface area contributed by atoms with Gasteiger partial charge in [0.15, 0.2) is 0 Å². The van der Waals surface area contributed by atoms with Crippen LogP contribution in [0.1, 0.15) is 10.4 Å². The molecule has 0 bridgehead atoms. The van der Waals surface area contributed by atoms with Crippen molar-refractivity contribution in [3.63, 3.8) is 0 Å². The molecule has 0 radical (unpaired) electrons. The summed E-state index contributed by atoms with van der Waals surface area (Å²) in [6.45, 7) is 1.71. The Labute approximate surface area is 115 Å². The minimum atomic E-state index is 0.846. The fourth-order valence-electron chi connectivity index (χ4n) is 2.06. The van der Waals surface area contributed by atoms with Crippen LogP contribution in [0.15, 0.2) is 42.6 Å². The Morgan fingerprint density at radius 2 is 2.06 bits per heavy atom. The fourth-order valence-corrected chi connectivity index (χ4v) is 3.12. The summed E-state index contributed by atoms with van der Waals surface area (Å²) in [4.78, 5) is 4.55. The van der Waals surface area contributed by atoms with Crippen LogP contribution < -0.4 is 5.32 Å². The van der Waals surface area contributed by atoms with Crippen molar-refractivity contribution >= 4 is 33.8 Å². The van der Waals surface area contributed by atoms with E-state index in [1.165, 1.54) is 21.3 Å². The maximum Gasteiger partial charge on any atom is 0.0931 e. The maximum absolute atomic E-state index is 5.91. The zero-order valence-electron chi connectivity index (χ0n) is 9.74. The van der Waals surface area contributed by atoms with Crippen LogP contribution in [0.25, 0.3) is 10.9 Å². The van der Waals surface area contributed by atoms with Gasteiger partial charge in [-0.1, -0.05) is 29.8 Å². The van der Waals surface area contributed by atoms with Crippen LogP contribution in [0.3, 0.4) is 0 Å². The molecule has 0 aliphatic heterocycles. The highest BCUT2D eigenvalue weighted by molar-refractivity contribution is 7.16. The summed E-state index contributed by atoms with van der Waals surface area (Å²) in [6, 6.07) is 12.5. The zero-order chi connectivity index (χ0) is 12.4. The van der Waals surface area contributed by atoms with Gasteiger partial charge in [-0.05, 0) is 29.1 Å². The summed E-state index contributed by atoms with van der Waals surface area (Å²) in [5.74, 6) is 0. The first-order valence-corrected chi connectivity index (χ1v) is 7.02. The summed E-state index contributed by atoms with van der Waals surface area (Å²) in [5.41, 5.74) is 2.51. The molecule has 3 aromatic rings. The number of thiophene rings is 1. The van der Waals surface area contributed by atoms with Crippen LogP contribution in [0.4, 0.5) is 0 Å². The maximum atomic E-state index is 5.91. The van der Waals surface area contributed by atoms with Gasteiger partial charge in [-0.3, -0.25) is 0 Å². The SMILES string of the molecule is Clc1ccc(CNCc2cccc3cc[nH]c23)s1. The smallest absolute Gasteiger partial charge is 0.0931 e. The lowest BCUT2D eigenvalue weighted by molar-refractivity contribution is 0.703. The highest BCUT2D eigenvalue weighted by Gasteiger charge is 2.02. The van der Waals surface area contributed by atoms with Crippen LogP contribution in [-0.2, 0) is 13.1 Å². The lowest BCUT2D eigenvalue weighted by Gasteiger charge is -2.05. The van der Waals surface area contributed by atoms with Gasteiger partial charge in [0, 0.05) is 29.7 Å². The van der Waals surface area contributed by atoms with E-state index in [-0.39, 0.29) is 0 Å². The number of fused-ring (bicyclic) bond motifs is 1. The molecule has 2 N–H and O–H groups in total. The molecule has 2 aromatic heterocycles. The first-order chi connectivity index (χ1) is 8.83. The third kappa shape index (κ3) is 2.43. The first kappa shape index (κ1) is 11.8. The van der Waals surface area contributed by atoms with E-state index in [4.69, 9.17) is 11.6 Å². The normalized spacial score (nSPS) is 11.2. The van der Waals surface area contributed by atoms with E-state index >= 15 is 0 Å². The first-order valence-electron chi connectivity index (χ1n) is 5.83. The number of hydrogen-bond donors (Lipinski definition) is 2. The average Bonchev–Trinajstić information content (AvgIpc) is 2.98. The molecule has 0 amide bonds. The topological polar surface area (TPSA) is 27.8 Å². The Balaban J connectivity index is 1.68. The number of nitrogens with one attached hydrogen (secondary N) is 2. The molecule has 0 saturated heterocycles. The quantitative estimate of drug-likeness (QED) is 0.735. The minimum absolute atomic E-state index is 0.846. The second-order valence-electron chi connectivity index (χ2n) is 4.17. The molecule has 0 atom stereocenters. The van der Waals surface area contributed by atoms with E-state index < -0.39 is 0 Å². The molecule has 0 saturated carbocycles. The molecule has 0 fully saturated rings. The Bertz CT molecular complexity index is 656. The summed E-state index contributed by atoms with van der Waals surface area (Å²) < 4.78 is 0.846. The third-order valence-electron chi connectivity index (χ3n) is 2.92. The van der Waals surface area contributed by atoms with Crippen molar-refractivity contribution in [3.8, 4) is 0 Å². The number of aromatic amines is 1. The van der Waals surface area contributed by atoms with Gasteiger partial charge in [0.05, 0.1) is 4.34 Å². The van der Waals surface area contributed by atoms with E-state index in [1.807, 2.05) is 12.3 Å². The number of hydrogen-bond acceptors (Lipinski definition) is 2. The van der Waals surface area contributed by atoms with Crippen molar-refractivity contribution < 1.29 is 0 Å². The molecule has 1 aromatic carbocycles. The van der Waals surface area contributed by atoms with Crippen LogP contribution in [0, 0.1) is 0 Å². The molecular formula is C14H13ClN2S. The highest BCUT2D eigenvalue weighted by Crippen LogP contribution is 2.21. The molecule has 0 spiro atoms. The second-order valence-corrected chi connectivity index (χ2v) is 5.97. The lowest BCUT2D eigenvalue weighted by atomic mass is 10.1. The van der Waals surface area contributed by atoms with E-state index in [0.717, 1.165) is 17.4 Å². The predicted octanol–water partition coefficient (Wildman–Crippen LogP) is 4.17. The third-order valence-corrected chi connectivity index (χ3v) is 4.15. The second kappa shape index (κ2) is 5.14. The molecule has 0 unspecified atom stereocenters. The summed E-state index contributed by atoms with van der Waals surface area (Å²) in [5, 5.41) is 4.70. The number of para-hydroxylation sites is 1. The van der Waals surface area contributed by atoms with Gasteiger partial charge in [0.2, 0.25) is 0 Å². The number of aromatic nitrogens is 1. The lowest BCUT2D eigenvalue weighted by Crippen LogP contribution is -2.11. The number of rotatable bonds is 4. The van der Waals surface area contributed by atoms with Crippen molar-refractivity contribution in [1.29, 1.82) is 0 Å². The van der Waals surface area contributed by atoms with Gasteiger partial charge in [0.25, 0.3) is 0 Å². The van der Waals surface area contributed by atoms with Gasteiger partial charge in [0.1, 0.15) is 0 Å². The molecule has 18 heavy (non-hydrogen) atoms. The van der Waals surface area contributed by atoms with Gasteiger partial charge in [-0.25, -0.2) is 0 Å². The largest absolute Gasteiger partial charge is 0.361 e. The highest BCUT2D eigenvalue weighted by atomic mass is 35.5. The van der Waals surface area contributed by atoms with E-state index in [1.54, 1.807) is 11.3 Å². The summed E-state index contributed by atoms with van der Waals surface area (Å²) in [6.07, 6.45) is 1.98. The van der Waals surface area contributed by atoms with Crippen LogP contribution >= 0.6 is 22.9 Å². The van der Waals surface area contributed by atoms with Crippen molar-refractivity contribution in [3.05, 3.63) is 57.4 Å². The van der Waals surface area contributed by atoms with E-state index in [2.05, 4.69) is 40.6 Å². The van der Waals surface area contributed by atoms with Crippen LogP contribution in [-0.4, -0.2) is 4.98 Å². The number of halogens is 1. The predicted molar refractivity (Wildman–Crippen MR) is 78.2 cm³/mol. The van der Waals surface area contributed by atoms with Crippen LogP contribution in [0.5, 0.6) is 0 Å².